The number of Topliss-reactive ketones (excluding diaryl/α,β-unsaturated/α-hetero) is 1. The van der Waals surface area contributed by atoms with Crippen LogP contribution in [0.25, 0.3) is 0 Å². The van der Waals surface area contributed by atoms with E-state index in [1.807, 2.05) is 12.1 Å². The number of hydrogen-bond acceptors (Lipinski definition) is 3. The van der Waals surface area contributed by atoms with Crippen molar-refractivity contribution in [1.29, 1.82) is 0 Å². The second-order valence-corrected chi connectivity index (χ2v) is 5.70. The van der Waals surface area contributed by atoms with E-state index in [4.69, 9.17) is 21.1 Å². The summed E-state index contributed by atoms with van der Waals surface area (Å²) in [6.07, 6.45) is 0.204. The third-order valence-corrected chi connectivity index (χ3v) is 3.91. The standard InChI is InChI=1S/C16H14BrClO3/c1-20-15-5-3-4-12(16(15)21-2)14(19)8-10-6-7-11(17)9-13(10)18/h3-7,9H,8H2,1-2H3. The highest BCUT2D eigenvalue weighted by Crippen LogP contribution is 2.32. The number of para-hydroxylation sites is 1. The third-order valence-electron chi connectivity index (χ3n) is 3.07. The van der Waals surface area contributed by atoms with Crippen LogP contribution in [0.3, 0.4) is 0 Å². The van der Waals surface area contributed by atoms with Crippen LogP contribution in [-0.2, 0) is 6.42 Å². The summed E-state index contributed by atoms with van der Waals surface area (Å²) < 4.78 is 11.4. The van der Waals surface area contributed by atoms with E-state index in [2.05, 4.69) is 15.9 Å². The first kappa shape index (κ1) is 15.9. The van der Waals surface area contributed by atoms with E-state index in [0.29, 0.717) is 22.1 Å². The lowest BCUT2D eigenvalue weighted by molar-refractivity contribution is 0.0989. The summed E-state index contributed by atoms with van der Waals surface area (Å²) >= 11 is 9.50. The minimum atomic E-state index is -0.0741. The number of methoxy groups -OCH3 is 2. The second kappa shape index (κ2) is 6.96. The van der Waals surface area contributed by atoms with Gasteiger partial charge >= 0.3 is 0 Å². The van der Waals surface area contributed by atoms with Gasteiger partial charge in [0.1, 0.15) is 0 Å². The number of ether oxygens (including phenoxy) is 2. The zero-order valence-corrected chi connectivity index (χ0v) is 14.0. The quantitative estimate of drug-likeness (QED) is 0.726. The molecule has 5 heteroatoms. The van der Waals surface area contributed by atoms with Crippen LogP contribution in [-0.4, -0.2) is 20.0 Å². The molecule has 0 atom stereocenters. The van der Waals surface area contributed by atoms with Gasteiger partial charge < -0.3 is 9.47 Å². The zero-order chi connectivity index (χ0) is 15.4. The summed E-state index contributed by atoms with van der Waals surface area (Å²) in [5.74, 6) is 0.901. The molecule has 21 heavy (non-hydrogen) atoms. The van der Waals surface area contributed by atoms with Crippen LogP contribution in [0.1, 0.15) is 15.9 Å². The van der Waals surface area contributed by atoms with Crippen LogP contribution in [0.15, 0.2) is 40.9 Å². The van der Waals surface area contributed by atoms with Crippen molar-refractivity contribution in [3.8, 4) is 11.5 Å². The van der Waals surface area contributed by atoms with Crippen LogP contribution in [0.5, 0.6) is 11.5 Å². The van der Waals surface area contributed by atoms with Gasteiger partial charge in [0.2, 0.25) is 0 Å². The van der Waals surface area contributed by atoms with Crippen LogP contribution in [0, 0.1) is 0 Å². The Hall–Kier alpha value is -1.52. The molecule has 0 bridgehead atoms. The van der Waals surface area contributed by atoms with Gasteiger partial charge in [-0.1, -0.05) is 39.7 Å². The maximum absolute atomic E-state index is 12.5. The van der Waals surface area contributed by atoms with Gasteiger partial charge in [-0.05, 0) is 29.8 Å². The van der Waals surface area contributed by atoms with Gasteiger partial charge in [0.25, 0.3) is 0 Å². The largest absolute Gasteiger partial charge is 0.493 e. The molecule has 0 radical (unpaired) electrons. The molecule has 0 spiro atoms. The molecule has 0 aliphatic carbocycles. The fraction of sp³-hybridized carbons (Fsp3) is 0.188. The molecule has 0 saturated heterocycles. The number of halogens is 2. The predicted octanol–water partition coefficient (Wildman–Crippen LogP) is 4.55. The minimum Gasteiger partial charge on any atom is -0.493 e. The zero-order valence-electron chi connectivity index (χ0n) is 11.7. The van der Waals surface area contributed by atoms with Gasteiger partial charge in [-0.25, -0.2) is 0 Å². The molecule has 0 aliphatic heterocycles. The highest BCUT2D eigenvalue weighted by Gasteiger charge is 2.17. The first-order valence-electron chi connectivity index (χ1n) is 6.25. The van der Waals surface area contributed by atoms with Gasteiger partial charge in [-0.3, -0.25) is 4.79 Å². The Balaban J connectivity index is 2.32. The normalized spacial score (nSPS) is 10.3. The van der Waals surface area contributed by atoms with Crippen molar-refractivity contribution in [3.05, 3.63) is 57.0 Å². The molecule has 2 aromatic rings. The number of benzene rings is 2. The Morgan fingerprint density at radius 1 is 1.19 bits per heavy atom. The van der Waals surface area contributed by atoms with Crippen molar-refractivity contribution in [2.24, 2.45) is 0 Å². The number of rotatable bonds is 5. The summed E-state index contributed by atoms with van der Waals surface area (Å²) in [6.45, 7) is 0. The first-order chi connectivity index (χ1) is 10.1. The Morgan fingerprint density at radius 2 is 1.95 bits per heavy atom. The van der Waals surface area contributed by atoms with E-state index in [1.165, 1.54) is 14.2 Å². The highest BCUT2D eigenvalue weighted by molar-refractivity contribution is 9.10. The highest BCUT2D eigenvalue weighted by atomic mass is 79.9. The fourth-order valence-corrected chi connectivity index (χ4v) is 2.78. The van der Waals surface area contributed by atoms with Crippen molar-refractivity contribution in [2.75, 3.05) is 14.2 Å². The Labute approximate surface area is 137 Å². The molecule has 0 N–H and O–H groups in total. The van der Waals surface area contributed by atoms with E-state index in [1.54, 1.807) is 24.3 Å². The molecule has 0 aromatic heterocycles. The van der Waals surface area contributed by atoms with Crippen molar-refractivity contribution < 1.29 is 14.3 Å². The van der Waals surface area contributed by atoms with Crippen LogP contribution >= 0.6 is 27.5 Å². The van der Waals surface area contributed by atoms with Crippen LogP contribution in [0.2, 0.25) is 5.02 Å². The summed E-state index contributed by atoms with van der Waals surface area (Å²) in [5, 5.41) is 0.555. The lowest BCUT2D eigenvalue weighted by Crippen LogP contribution is -2.07. The smallest absolute Gasteiger partial charge is 0.171 e. The summed E-state index contributed by atoms with van der Waals surface area (Å²) in [7, 11) is 3.05. The monoisotopic (exact) mass is 368 g/mol. The maximum atomic E-state index is 12.5. The van der Waals surface area contributed by atoms with Crippen LogP contribution < -0.4 is 9.47 Å². The minimum absolute atomic E-state index is 0.0741. The van der Waals surface area contributed by atoms with Crippen molar-refractivity contribution >= 4 is 33.3 Å². The van der Waals surface area contributed by atoms with E-state index < -0.39 is 0 Å². The van der Waals surface area contributed by atoms with Gasteiger partial charge in [-0.15, -0.1) is 0 Å². The molecule has 0 heterocycles. The van der Waals surface area contributed by atoms with E-state index in [9.17, 15) is 4.79 Å². The Bertz CT molecular complexity index is 671. The molecule has 110 valence electrons. The molecule has 0 unspecified atom stereocenters. The molecule has 0 saturated carbocycles. The Morgan fingerprint density at radius 3 is 2.57 bits per heavy atom. The van der Waals surface area contributed by atoms with E-state index in [-0.39, 0.29) is 12.2 Å². The SMILES string of the molecule is COc1cccc(C(=O)Cc2ccc(Br)cc2Cl)c1OC. The topological polar surface area (TPSA) is 35.5 Å². The first-order valence-corrected chi connectivity index (χ1v) is 7.42. The number of ketones is 1. The van der Waals surface area contributed by atoms with Crippen molar-refractivity contribution in [2.45, 2.75) is 6.42 Å². The van der Waals surface area contributed by atoms with Gasteiger partial charge in [0.05, 0.1) is 19.8 Å². The molecule has 0 aliphatic rings. The summed E-state index contributed by atoms with van der Waals surface area (Å²) in [4.78, 5) is 12.5. The molecule has 2 rings (SSSR count). The average molecular weight is 370 g/mol. The molecule has 0 amide bonds. The van der Waals surface area contributed by atoms with Gasteiger partial charge in [-0.2, -0.15) is 0 Å². The number of carbonyl (C=O) groups is 1. The van der Waals surface area contributed by atoms with Crippen LogP contribution in [0.4, 0.5) is 0 Å². The van der Waals surface area contributed by atoms with Crippen molar-refractivity contribution in [3.63, 3.8) is 0 Å². The summed E-state index contributed by atoms with van der Waals surface area (Å²) in [5.41, 5.74) is 1.26. The molecular weight excluding hydrogens is 356 g/mol. The number of hydrogen-bond donors (Lipinski definition) is 0. The molecular formula is C16H14BrClO3. The van der Waals surface area contributed by atoms with Gasteiger partial charge in [0.15, 0.2) is 17.3 Å². The Kier molecular flexibility index (Phi) is 5.26. The third kappa shape index (κ3) is 3.57. The maximum Gasteiger partial charge on any atom is 0.171 e. The van der Waals surface area contributed by atoms with Gasteiger partial charge in [0, 0.05) is 15.9 Å². The number of carbonyl (C=O) groups excluding carboxylic acids is 1. The summed E-state index contributed by atoms with van der Waals surface area (Å²) in [6, 6.07) is 10.7. The molecule has 2 aromatic carbocycles. The van der Waals surface area contributed by atoms with Crippen molar-refractivity contribution in [1.82, 2.24) is 0 Å². The van der Waals surface area contributed by atoms with E-state index in [0.717, 1.165) is 10.0 Å². The predicted molar refractivity (Wildman–Crippen MR) is 86.7 cm³/mol. The fourth-order valence-electron chi connectivity index (χ4n) is 2.04. The molecule has 3 nitrogen and oxygen atoms in total. The second-order valence-electron chi connectivity index (χ2n) is 4.38. The lowest BCUT2D eigenvalue weighted by Gasteiger charge is -2.12. The lowest BCUT2D eigenvalue weighted by atomic mass is 10.0. The average Bonchev–Trinajstić information content (AvgIpc) is 2.49. The van der Waals surface area contributed by atoms with E-state index >= 15 is 0 Å². The molecule has 0 fully saturated rings.